The third-order valence-corrected chi connectivity index (χ3v) is 2.43. The zero-order valence-electron chi connectivity index (χ0n) is 9.29. The van der Waals surface area contributed by atoms with Crippen molar-refractivity contribution in [3.63, 3.8) is 0 Å². The SMILES string of the molecule is CCOc1c(-c2nc(Br)no2)cccc1[N+](=O)[O-]. The fourth-order valence-electron chi connectivity index (χ4n) is 1.45. The van der Waals surface area contributed by atoms with Gasteiger partial charge in [-0.15, -0.1) is 0 Å². The molecule has 0 unspecified atom stereocenters. The molecule has 18 heavy (non-hydrogen) atoms. The summed E-state index contributed by atoms with van der Waals surface area (Å²) in [7, 11) is 0. The maximum atomic E-state index is 10.9. The first kappa shape index (κ1) is 12.5. The summed E-state index contributed by atoms with van der Waals surface area (Å²) < 4.78 is 10.5. The number of halogens is 1. The number of benzene rings is 1. The molecule has 7 nitrogen and oxygen atoms in total. The van der Waals surface area contributed by atoms with Gasteiger partial charge >= 0.3 is 5.69 Å². The predicted molar refractivity (Wildman–Crippen MR) is 65.3 cm³/mol. The minimum Gasteiger partial charge on any atom is -0.487 e. The van der Waals surface area contributed by atoms with E-state index in [1.54, 1.807) is 13.0 Å². The number of aromatic nitrogens is 2. The predicted octanol–water partition coefficient (Wildman–Crippen LogP) is 2.81. The molecular formula is C10H8BrN3O4. The smallest absolute Gasteiger partial charge is 0.311 e. The van der Waals surface area contributed by atoms with Gasteiger partial charge in [0.05, 0.1) is 17.1 Å². The van der Waals surface area contributed by atoms with Gasteiger partial charge in [0.2, 0.25) is 10.5 Å². The molecule has 2 rings (SSSR count). The molecule has 0 fully saturated rings. The van der Waals surface area contributed by atoms with E-state index in [1.165, 1.54) is 12.1 Å². The third-order valence-electron chi connectivity index (χ3n) is 2.11. The van der Waals surface area contributed by atoms with Gasteiger partial charge in [-0.25, -0.2) is 0 Å². The Kier molecular flexibility index (Phi) is 3.56. The molecule has 0 saturated carbocycles. The molecule has 0 aliphatic heterocycles. The second kappa shape index (κ2) is 5.13. The van der Waals surface area contributed by atoms with Crippen LogP contribution in [0.4, 0.5) is 5.69 Å². The summed E-state index contributed by atoms with van der Waals surface area (Å²) >= 11 is 3.05. The molecular weight excluding hydrogens is 306 g/mol. The van der Waals surface area contributed by atoms with E-state index in [9.17, 15) is 10.1 Å². The van der Waals surface area contributed by atoms with Crippen molar-refractivity contribution in [1.29, 1.82) is 0 Å². The molecule has 2 aromatic rings. The first-order valence-electron chi connectivity index (χ1n) is 5.03. The maximum Gasteiger partial charge on any atom is 0.311 e. The highest BCUT2D eigenvalue weighted by Crippen LogP contribution is 2.37. The van der Waals surface area contributed by atoms with E-state index in [2.05, 4.69) is 26.1 Å². The molecule has 0 aliphatic rings. The first-order valence-corrected chi connectivity index (χ1v) is 5.82. The monoisotopic (exact) mass is 313 g/mol. The molecule has 1 aromatic carbocycles. The second-order valence-electron chi connectivity index (χ2n) is 3.21. The van der Waals surface area contributed by atoms with E-state index in [0.29, 0.717) is 12.2 Å². The lowest BCUT2D eigenvalue weighted by molar-refractivity contribution is -0.385. The summed E-state index contributed by atoms with van der Waals surface area (Å²) in [6.45, 7) is 2.04. The second-order valence-corrected chi connectivity index (χ2v) is 3.92. The van der Waals surface area contributed by atoms with Crippen molar-refractivity contribution >= 4 is 21.6 Å². The van der Waals surface area contributed by atoms with Gasteiger partial charge in [0.1, 0.15) is 0 Å². The molecule has 1 heterocycles. The minimum absolute atomic E-state index is 0.126. The number of nitrogens with zero attached hydrogens (tertiary/aromatic N) is 3. The Hall–Kier alpha value is -1.96. The van der Waals surface area contributed by atoms with Crippen LogP contribution in [0.3, 0.4) is 0 Å². The largest absolute Gasteiger partial charge is 0.487 e. The van der Waals surface area contributed by atoms with Crippen LogP contribution in [0.15, 0.2) is 27.5 Å². The number of nitro benzene ring substituents is 1. The van der Waals surface area contributed by atoms with Gasteiger partial charge in [-0.1, -0.05) is 6.07 Å². The molecule has 1 aromatic heterocycles. The highest BCUT2D eigenvalue weighted by atomic mass is 79.9. The van der Waals surface area contributed by atoms with E-state index in [-0.39, 0.29) is 22.1 Å². The summed E-state index contributed by atoms with van der Waals surface area (Å²) in [6, 6.07) is 4.52. The zero-order chi connectivity index (χ0) is 13.1. The molecule has 94 valence electrons. The fourth-order valence-corrected chi connectivity index (χ4v) is 1.68. The lowest BCUT2D eigenvalue weighted by atomic mass is 10.1. The normalized spacial score (nSPS) is 10.3. The quantitative estimate of drug-likeness (QED) is 0.636. The van der Waals surface area contributed by atoms with Gasteiger partial charge in [-0.3, -0.25) is 10.1 Å². The molecule has 8 heteroatoms. The van der Waals surface area contributed by atoms with Crippen molar-refractivity contribution in [3.8, 4) is 17.2 Å². The van der Waals surface area contributed by atoms with E-state index in [1.807, 2.05) is 0 Å². The molecule has 0 atom stereocenters. The van der Waals surface area contributed by atoms with Crippen LogP contribution in [0.5, 0.6) is 5.75 Å². The van der Waals surface area contributed by atoms with Gasteiger partial charge in [0, 0.05) is 6.07 Å². The van der Waals surface area contributed by atoms with Crippen LogP contribution >= 0.6 is 15.9 Å². The fraction of sp³-hybridized carbons (Fsp3) is 0.200. The summed E-state index contributed by atoms with van der Waals surface area (Å²) in [4.78, 5) is 14.4. The first-order chi connectivity index (χ1) is 8.63. The van der Waals surface area contributed by atoms with Gasteiger partial charge in [-0.2, -0.15) is 4.98 Å². The number of nitro groups is 1. The number of rotatable bonds is 4. The Labute approximate surface area is 110 Å². The van der Waals surface area contributed by atoms with Crippen LogP contribution in [0.1, 0.15) is 6.92 Å². The summed E-state index contributed by atoms with van der Waals surface area (Å²) in [5.41, 5.74) is 0.257. The van der Waals surface area contributed by atoms with Crippen molar-refractivity contribution in [2.24, 2.45) is 0 Å². The van der Waals surface area contributed by atoms with Crippen LogP contribution in [0.25, 0.3) is 11.5 Å². The standard InChI is InChI=1S/C10H8BrN3O4/c1-2-17-8-6(9-12-10(11)13-18-9)4-3-5-7(8)14(15)16/h3-5H,2H2,1H3. The highest BCUT2D eigenvalue weighted by Gasteiger charge is 2.22. The van der Waals surface area contributed by atoms with Gasteiger partial charge in [0.15, 0.2) is 0 Å². The van der Waals surface area contributed by atoms with Crippen LogP contribution in [0.2, 0.25) is 0 Å². The van der Waals surface area contributed by atoms with Crippen LogP contribution in [-0.4, -0.2) is 21.7 Å². The molecule has 0 spiro atoms. The zero-order valence-corrected chi connectivity index (χ0v) is 10.9. The lowest BCUT2D eigenvalue weighted by Gasteiger charge is -2.07. The summed E-state index contributed by atoms with van der Waals surface area (Å²) in [5, 5.41) is 14.5. The summed E-state index contributed by atoms with van der Waals surface area (Å²) in [6.07, 6.45) is 0. The van der Waals surface area contributed by atoms with E-state index in [4.69, 9.17) is 9.26 Å². The van der Waals surface area contributed by atoms with Gasteiger partial charge in [0.25, 0.3) is 5.89 Å². The Morgan fingerprint density at radius 1 is 1.56 bits per heavy atom. The number of para-hydroxylation sites is 1. The number of ether oxygens (including phenoxy) is 1. The number of hydrogen-bond acceptors (Lipinski definition) is 6. The molecule has 0 saturated heterocycles. The van der Waals surface area contributed by atoms with Gasteiger partial charge < -0.3 is 9.26 Å². The van der Waals surface area contributed by atoms with Crippen LogP contribution < -0.4 is 4.74 Å². The van der Waals surface area contributed by atoms with E-state index >= 15 is 0 Å². The molecule has 0 N–H and O–H groups in total. The Balaban J connectivity index is 2.59. The Bertz CT molecular complexity index is 584. The van der Waals surface area contributed by atoms with Gasteiger partial charge in [-0.05, 0) is 34.1 Å². The van der Waals surface area contributed by atoms with Crippen molar-refractivity contribution in [3.05, 3.63) is 33.0 Å². The average Bonchev–Trinajstić information content (AvgIpc) is 2.76. The minimum atomic E-state index is -0.514. The van der Waals surface area contributed by atoms with Crippen molar-refractivity contribution in [1.82, 2.24) is 10.1 Å². The topological polar surface area (TPSA) is 91.3 Å². The van der Waals surface area contributed by atoms with Crippen LogP contribution in [0, 0.1) is 10.1 Å². The summed E-state index contributed by atoms with van der Waals surface area (Å²) in [5.74, 6) is 0.287. The molecule has 0 amide bonds. The maximum absolute atomic E-state index is 10.9. The number of hydrogen-bond donors (Lipinski definition) is 0. The molecule has 0 aliphatic carbocycles. The Morgan fingerprint density at radius 2 is 2.33 bits per heavy atom. The highest BCUT2D eigenvalue weighted by molar-refractivity contribution is 9.10. The van der Waals surface area contributed by atoms with E-state index in [0.717, 1.165) is 0 Å². The lowest BCUT2D eigenvalue weighted by Crippen LogP contribution is -1.99. The van der Waals surface area contributed by atoms with Crippen molar-refractivity contribution < 1.29 is 14.2 Å². The van der Waals surface area contributed by atoms with E-state index < -0.39 is 4.92 Å². The molecule has 0 radical (unpaired) electrons. The van der Waals surface area contributed by atoms with Crippen molar-refractivity contribution in [2.75, 3.05) is 6.61 Å². The third kappa shape index (κ3) is 2.33. The van der Waals surface area contributed by atoms with Crippen LogP contribution in [-0.2, 0) is 0 Å². The van der Waals surface area contributed by atoms with Crippen molar-refractivity contribution in [2.45, 2.75) is 6.92 Å². The molecule has 0 bridgehead atoms. The average molecular weight is 314 g/mol. The Morgan fingerprint density at radius 3 is 2.89 bits per heavy atom.